The van der Waals surface area contributed by atoms with E-state index in [0.29, 0.717) is 34.5 Å². The minimum Gasteiger partial charge on any atom is -0.513 e. The molecule has 0 unspecified atom stereocenters. The highest BCUT2D eigenvalue weighted by Crippen LogP contribution is 2.16. The molecule has 0 aromatic heterocycles. The van der Waals surface area contributed by atoms with Crippen LogP contribution in [0.1, 0.15) is 123 Å². The predicted molar refractivity (Wildman–Crippen MR) is 192 cm³/mol. The Labute approximate surface area is 272 Å². The molecule has 0 aliphatic carbocycles. The first kappa shape index (κ1) is 47.9. The van der Waals surface area contributed by atoms with Gasteiger partial charge in [0.1, 0.15) is 6.10 Å². The quantitative estimate of drug-likeness (QED) is 0.163. The van der Waals surface area contributed by atoms with Crippen LogP contribution in [0.2, 0.25) is 0 Å². The van der Waals surface area contributed by atoms with E-state index < -0.39 is 0 Å². The molecule has 0 fully saturated rings. The van der Waals surface area contributed by atoms with Crippen LogP contribution in [0.5, 0.6) is 0 Å². The zero-order valence-corrected chi connectivity index (χ0v) is 31.4. The molecule has 1 aromatic carbocycles. The van der Waals surface area contributed by atoms with Gasteiger partial charge in [0.2, 0.25) is 0 Å². The fraction of sp³-hybridized carbons (Fsp3) is 0.658. The van der Waals surface area contributed by atoms with Crippen LogP contribution in [0, 0.1) is 29.6 Å². The van der Waals surface area contributed by atoms with E-state index in [2.05, 4.69) is 79.7 Å². The Morgan fingerprint density at radius 2 is 1.23 bits per heavy atom. The topological polar surface area (TPSA) is 66.8 Å². The van der Waals surface area contributed by atoms with Gasteiger partial charge in [-0.2, -0.15) is 0 Å². The van der Waals surface area contributed by atoms with Gasteiger partial charge in [0.15, 0.2) is 0 Å². The van der Waals surface area contributed by atoms with E-state index in [9.17, 15) is 9.90 Å². The number of hydrogen-bond acceptors (Lipinski definition) is 4. The zero-order valence-electron chi connectivity index (χ0n) is 30.7. The van der Waals surface area contributed by atoms with Crippen molar-refractivity contribution in [2.24, 2.45) is 29.6 Å². The minimum absolute atomic E-state index is 0.0625. The first-order chi connectivity index (χ1) is 19.8. The van der Waals surface area contributed by atoms with Crippen LogP contribution in [-0.2, 0) is 16.0 Å². The number of carbonyl (C=O) groups is 1. The third-order valence-corrected chi connectivity index (χ3v) is 5.96. The third kappa shape index (κ3) is 36.1. The number of aliphatic hydroxyl groups excluding tert-OH is 2. The number of esters is 1. The van der Waals surface area contributed by atoms with Crippen LogP contribution in [-0.4, -0.2) is 28.4 Å². The standard InChI is InChI=1S/C10H15ClO.C9H18O2.C8H10.C7H16O.C4H10/c1-4-9(6-8(3)12)7-10(11)5-2;1-6(2)9(7(3)4)11-8(5)10;1-2-8-6-4-3-5-7-8;1-5(2)7(8)6(3)4;1-4(2)3/h5-7,12H,4H2,1-3H3;6-7,9H,1-5H3;3-7H,2H2,1H3;5-8H,1-4H3;4H,1-3H3/b8-6+,9-7-,10-5?;;;;. The normalized spacial score (nSPS) is 11.9. The SMILES string of the molecule is CC(=O)OC(C(C)C)C(C)C.CC(C)C.CC(C)C(O)C(C)C.CC=C(Cl)/C=C(\C=C(/C)O)CC.CCc1ccccc1. The average Bonchev–Trinajstić information content (AvgIpc) is 2.91. The summed E-state index contributed by atoms with van der Waals surface area (Å²) in [7, 11) is 0. The monoisotopic (exact) mass is 624 g/mol. The second-order valence-corrected chi connectivity index (χ2v) is 13.1. The van der Waals surface area contributed by atoms with E-state index in [4.69, 9.17) is 21.4 Å². The molecule has 0 bridgehead atoms. The van der Waals surface area contributed by atoms with Gasteiger partial charge in [0.05, 0.1) is 11.9 Å². The van der Waals surface area contributed by atoms with E-state index in [0.717, 1.165) is 24.3 Å². The van der Waals surface area contributed by atoms with Gasteiger partial charge in [-0.05, 0) is 79.6 Å². The molecule has 0 saturated heterocycles. The lowest BCUT2D eigenvalue weighted by atomic mass is 9.96. The van der Waals surface area contributed by atoms with Crippen molar-refractivity contribution in [1.82, 2.24) is 0 Å². The zero-order chi connectivity index (χ0) is 34.7. The molecule has 0 heterocycles. The Morgan fingerprint density at radius 3 is 1.42 bits per heavy atom. The molecule has 0 aliphatic heterocycles. The molecular weight excluding hydrogens is 556 g/mol. The Balaban J connectivity index is -0.000000229. The van der Waals surface area contributed by atoms with Gasteiger partial charge < -0.3 is 14.9 Å². The van der Waals surface area contributed by atoms with E-state index in [1.165, 1.54) is 12.5 Å². The molecule has 43 heavy (non-hydrogen) atoms. The second kappa shape index (κ2) is 30.0. The highest BCUT2D eigenvalue weighted by Gasteiger charge is 2.19. The van der Waals surface area contributed by atoms with Crippen molar-refractivity contribution in [3.63, 3.8) is 0 Å². The van der Waals surface area contributed by atoms with E-state index in [1.54, 1.807) is 13.0 Å². The van der Waals surface area contributed by atoms with Gasteiger partial charge in [0.25, 0.3) is 0 Å². The number of hydrogen-bond donors (Lipinski definition) is 2. The molecule has 1 rings (SSSR count). The largest absolute Gasteiger partial charge is 0.513 e. The lowest BCUT2D eigenvalue weighted by Gasteiger charge is -2.23. The molecule has 4 nitrogen and oxygen atoms in total. The number of benzene rings is 1. The molecule has 0 aliphatic rings. The van der Waals surface area contributed by atoms with E-state index in [-0.39, 0.29) is 18.2 Å². The highest BCUT2D eigenvalue weighted by atomic mass is 35.5. The van der Waals surface area contributed by atoms with Crippen molar-refractivity contribution in [2.45, 2.75) is 136 Å². The van der Waals surface area contributed by atoms with Gasteiger partial charge in [0, 0.05) is 12.0 Å². The molecule has 0 spiro atoms. The maximum atomic E-state index is 10.6. The molecular formula is C38H69ClO4. The molecule has 0 radical (unpaired) electrons. The van der Waals surface area contributed by atoms with Gasteiger partial charge in [-0.25, -0.2) is 0 Å². The number of aryl methyl sites for hydroxylation is 1. The van der Waals surface area contributed by atoms with Gasteiger partial charge in [-0.15, -0.1) is 0 Å². The molecule has 252 valence electrons. The summed E-state index contributed by atoms with van der Waals surface area (Å²) in [5.41, 5.74) is 2.44. The molecule has 2 N–H and O–H groups in total. The number of ether oxygens (including phenoxy) is 1. The number of carbonyl (C=O) groups excluding carboxylic acids is 1. The third-order valence-electron chi connectivity index (χ3n) is 5.63. The van der Waals surface area contributed by atoms with Crippen LogP contribution in [0.4, 0.5) is 0 Å². The Kier molecular flexibility index (Phi) is 33.4. The Bertz CT molecular complexity index is 842. The Morgan fingerprint density at radius 1 is 0.814 bits per heavy atom. The van der Waals surface area contributed by atoms with Crippen LogP contribution in [0.15, 0.2) is 64.9 Å². The average molecular weight is 625 g/mol. The van der Waals surface area contributed by atoms with Gasteiger partial charge in [-0.1, -0.05) is 138 Å². The van der Waals surface area contributed by atoms with E-state index in [1.807, 2.05) is 59.8 Å². The molecule has 0 atom stereocenters. The van der Waals surface area contributed by atoms with Crippen molar-refractivity contribution < 1.29 is 19.7 Å². The summed E-state index contributed by atoms with van der Waals surface area (Å²) >= 11 is 5.80. The van der Waals surface area contributed by atoms with Crippen molar-refractivity contribution in [3.8, 4) is 0 Å². The van der Waals surface area contributed by atoms with Crippen LogP contribution in [0.25, 0.3) is 0 Å². The Hall–Kier alpha value is -2.04. The molecule has 5 heteroatoms. The molecule has 1 aromatic rings. The number of aliphatic hydroxyl groups is 2. The number of halogens is 1. The summed E-state index contributed by atoms with van der Waals surface area (Å²) in [5.74, 6) is 2.56. The van der Waals surface area contributed by atoms with Crippen molar-refractivity contribution in [3.05, 3.63) is 70.5 Å². The minimum atomic E-state index is -0.183. The summed E-state index contributed by atoms with van der Waals surface area (Å²) in [5, 5.41) is 18.9. The fourth-order valence-electron chi connectivity index (χ4n) is 3.49. The summed E-state index contributed by atoms with van der Waals surface area (Å²) in [4.78, 5) is 10.6. The maximum Gasteiger partial charge on any atom is 0.302 e. The lowest BCUT2D eigenvalue weighted by Crippen LogP contribution is -2.27. The van der Waals surface area contributed by atoms with Crippen molar-refractivity contribution in [2.75, 3.05) is 0 Å². The maximum absolute atomic E-state index is 10.6. The smallest absolute Gasteiger partial charge is 0.302 e. The van der Waals surface area contributed by atoms with Crippen LogP contribution >= 0.6 is 11.6 Å². The number of allylic oxidation sites excluding steroid dienone is 6. The highest BCUT2D eigenvalue weighted by molar-refractivity contribution is 6.31. The number of rotatable bonds is 9. The summed E-state index contributed by atoms with van der Waals surface area (Å²) in [6.07, 6.45) is 7.32. The van der Waals surface area contributed by atoms with E-state index >= 15 is 0 Å². The summed E-state index contributed by atoms with van der Waals surface area (Å²) in [6.45, 7) is 32.0. The lowest BCUT2D eigenvalue weighted by molar-refractivity contribution is -0.151. The van der Waals surface area contributed by atoms with Gasteiger partial charge in [-0.3, -0.25) is 4.79 Å². The van der Waals surface area contributed by atoms with Crippen molar-refractivity contribution >= 4 is 17.6 Å². The first-order valence-corrected chi connectivity index (χ1v) is 16.4. The predicted octanol–water partition coefficient (Wildman–Crippen LogP) is 11.7. The summed E-state index contributed by atoms with van der Waals surface area (Å²) < 4.78 is 5.13. The van der Waals surface area contributed by atoms with Crippen molar-refractivity contribution in [1.29, 1.82) is 0 Å². The van der Waals surface area contributed by atoms with Crippen LogP contribution in [0.3, 0.4) is 0 Å². The van der Waals surface area contributed by atoms with Crippen LogP contribution < -0.4 is 0 Å². The van der Waals surface area contributed by atoms with Gasteiger partial charge >= 0.3 is 5.97 Å². The molecule has 0 amide bonds. The second-order valence-electron chi connectivity index (χ2n) is 12.6. The summed E-state index contributed by atoms with van der Waals surface area (Å²) in [6, 6.07) is 10.5. The molecule has 0 saturated carbocycles. The first-order valence-electron chi connectivity index (χ1n) is 16.1. The fourth-order valence-corrected chi connectivity index (χ4v) is 3.63.